The quantitative estimate of drug-likeness (QED) is 0.733. The molecule has 29 heavy (non-hydrogen) atoms. The number of benzene rings is 1. The predicted molar refractivity (Wildman–Crippen MR) is 123 cm³/mol. The molecule has 2 atom stereocenters. The molecule has 0 unspecified atom stereocenters. The van der Waals surface area contributed by atoms with Gasteiger partial charge in [0, 0.05) is 25.3 Å². The van der Waals surface area contributed by atoms with Crippen LogP contribution < -0.4 is 15.5 Å². The molecule has 0 bridgehead atoms. The number of thiazole rings is 1. The van der Waals surface area contributed by atoms with Gasteiger partial charge < -0.3 is 20.3 Å². The van der Waals surface area contributed by atoms with Gasteiger partial charge in [0.15, 0.2) is 5.13 Å². The molecule has 1 aromatic carbocycles. The molecule has 2 saturated heterocycles. The van der Waals surface area contributed by atoms with Crippen molar-refractivity contribution in [2.45, 2.75) is 25.7 Å². The molecule has 5 rings (SSSR count). The van der Waals surface area contributed by atoms with Crippen molar-refractivity contribution in [2.24, 2.45) is 11.3 Å². The molecular formula is C20H28Cl2N4O2S. The van der Waals surface area contributed by atoms with Crippen molar-refractivity contribution >= 4 is 63.1 Å². The van der Waals surface area contributed by atoms with Gasteiger partial charge in [-0.1, -0.05) is 24.2 Å². The first kappa shape index (κ1) is 22.6. The molecule has 0 radical (unpaired) electrons. The van der Waals surface area contributed by atoms with E-state index in [0.29, 0.717) is 5.92 Å². The van der Waals surface area contributed by atoms with Crippen LogP contribution in [0.25, 0.3) is 10.2 Å². The molecule has 0 spiro atoms. The van der Waals surface area contributed by atoms with E-state index in [-0.39, 0.29) is 36.1 Å². The zero-order valence-electron chi connectivity index (χ0n) is 16.3. The molecular weight excluding hydrogens is 431 g/mol. The molecule has 9 heteroatoms. The van der Waals surface area contributed by atoms with Crippen LogP contribution in [0.3, 0.4) is 0 Å². The largest absolute Gasteiger partial charge is 0.378 e. The summed E-state index contributed by atoms with van der Waals surface area (Å²) in [6.07, 6.45) is 4.57. The lowest BCUT2D eigenvalue weighted by Gasteiger charge is -2.37. The van der Waals surface area contributed by atoms with Gasteiger partial charge in [-0.25, -0.2) is 4.98 Å². The molecule has 2 aliphatic heterocycles. The minimum atomic E-state index is -0.222. The number of anilines is 2. The fourth-order valence-corrected chi connectivity index (χ4v) is 5.88. The van der Waals surface area contributed by atoms with Crippen LogP contribution in [0.2, 0.25) is 0 Å². The zero-order chi connectivity index (χ0) is 18.3. The molecule has 1 aromatic heterocycles. The predicted octanol–water partition coefficient (Wildman–Crippen LogP) is 3.69. The smallest absolute Gasteiger partial charge is 0.232 e. The Hall–Kier alpha value is -1.12. The molecule has 1 aliphatic carbocycles. The summed E-state index contributed by atoms with van der Waals surface area (Å²) >= 11 is 1.69. The van der Waals surface area contributed by atoms with Crippen molar-refractivity contribution in [1.82, 2.24) is 10.3 Å². The number of fused-ring (bicyclic) bond motifs is 2. The van der Waals surface area contributed by atoms with E-state index >= 15 is 0 Å². The Morgan fingerprint density at radius 3 is 2.93 bits per heavy atom. The van der Waals surface area contributed by atoms with Crippen LogP contribution in [0.5, 0.6) is 0 Å². The Bertz CT molecular complexity index is 858. The second-order valence-corrected chi connectivity index (χ2v) is 8.97. The summed E-state index contributed by atoms with van der Waals surface area (Å²) in [6, 6.07) is 6.08. The van der Waals surface area contributed by atoms with Crippen molar-refractivity contribution in [3.05, 3.63) is 18.2 Å². The fourth-order valence-electron chi connectivity index (χ4n) is 4.83. The van der Waals surface area contributed by atoms with Crippen LogP contribution in [0.4, 0.5) is 10.8 Å². The van der Waals surface area contributed by atoms with Crippen LogP contribution >= 0.6 is 36.2 Å². The Kier molecular flexibility index (Phi) is 7.27. The van der Waals surface area contributed by atoms with Gasteiger partial charge in [-0.05, 0) is 43.5 Å². The summed E-state index contributed by atoms with van der Waals surface area (Å²) in [4.78, 5) is 20.2. The van der Waals surface area contributed by atoms with Crippen molar-refractivity contribution in [3.63, 3.8) is 0 Å². The first-order valence-corrected chi connectivity index (χ1v) is 10.8. The maximum absolute atomic E-state index is 13.2. The molecule has 2 N–H and O–H groups in total. The highest BCUT2D eigenvalue weighted by atomic mass is 35.5. The summed E-state index contributed by atoms with van der Waals surface area (Å²) in [5.74, 6) is 0.667. The lowest BCUT2D eigenvalue weighted by molar-refractivity contribution is -0.128. The fraction of sp³-hybridized carbons (Fsp3) is 0.600. The normalized spacial score (nSPS) is 26.3. The average molecular weight is 459 g/mol. The van der Waals surface area contributed by atoms with Crippen LogP contribution in [0.15, 0.2) is 18.2 Å². The van der Waals surface area contributed by atoms with Gasteiger partial charge in [0.05, 0.1) is 28.8 Å². The molecule has 3 heterocycles. The molecule has 6 nitrogen and oxygen atoms in total. The van der Waals surface area contributed by atoms with Gasteiger partial charge in [-0.2, -0.15) is 0 Å². The number of morpholine rings is 1. The van der Waals surface area contributed by atoms with E-state index in [2.05, 4.69) is 21.6 Å². The van der Waals surface area contributed by atoms with Gasteiger partial charge in [0.2, 0.25) is 5.91 Å². The number of nitrogens with one attached hydrogen (secondary N) is 2. The molecule has 3 aliphatic rings. The highest BCUT2D eigenvalue weighted by Crippen LogP contribution is 2.44. The molecule has 1 saturated carbocycles. The van der Waals surface area contributed by atoms with E-state index in [1.54, 1.807) is 11.3 Å². The summed E-state index contributed by atoms with van der Waals surface area (Å²) in [6.45, 7) is 5.08. The first-order valence-electron chi connectivity index (χ1n) is 10.0. The summed E-state index contributed by atoms with van der Waals surface area (Å²) in [5, 5.41) is 7.72. The Morgan fingerprint density at radius 2 is 2.10 bits per heavy atom. The zero-order valence-corrected chi connectivity index (χ0v) is 18.8. The number of hydrogen-bond acceptors (Lipinski definition) is 6. The second kappa shape index (κ2) is 9.35. The van der Waals surface area contributed by atoms with Gasteiger partial charge in [0.1, 0.15) is 0 Å². The van der Waals surface area contributed by atoms with Gasteiger partial charge >= 0.3 is 0 Å². The van der Waals surface area contributed by atoms with E-state index in [4.69, 9.17) is 9.72 Å². The number of aromatic nitrogens is 1. The number of amides is 1. The number of hydrogen-bond donors (Lipinski definition) is 2. The van der Waals surface area contributed by atoms with E-state index < -0.39 is 0 Å². The first-order chi connectivity index (χ1) is 13.2. The van der Waals surface area contributed by atoms with Gasteiger partial charge in [0.25, 0.3) is 0 Å². The van der Waals surface area contributed by atoms with Crippen molar-refractivity contribution < 1.29 is 9.53 Å². The van der Waals surface area contributed by atoms with E-state index in [9.17, 15) is 4.79 Å². The highest BCUT2D eigenvalue weighted by Gasteiger charge is 2.49. The van der Waals surface area contributed by atoms with Crippen LogP contribution in [0.1, 0.15) is 25.7 Å². The number of halogens is 2. The standard InChI is InChI=1S/C20H26N4O2S.2ClH/c25-18(20-6-2-1-3-14(20)12-21-13-20)22-15-4-5-16-17(11-15)27-19(23-16)24-7-9-26-10-8-24;;/h4-5,11,14,21H,1-3,6-10,12-13H2,(H,22,25);2*1H/t14-,20+;;/m0../s1. The van der Waals surface area contributed by atoms with Gasteiger partial charge in [-0.3, -0.25) is 4.79 Å². The van der Waals surface area contributed by atoms with Crippen LogP contribution in [-0.2, 0) is 9.53 Å². The van der Waals surface area contributed by atoms with Crippen molar-refractivity contribution in [3.8, 4) is 0 Å². The summed E-state index contributed by atoms with van der Waals surface area (Å²) in [7, 11) is 0. The third kappa shape index (κ3) is 4.21. The third-order valence-electron chi connectivity index (χ3n) is 6.41. The molecule has 1 amide bonds. The highest BCUT2D eigenvalue weighted by molar-refractivity contribution is 7.22. The Labute approximate surface area is 187 Å². The van der Waals surface area contributed by atoms with E-state index in [1.165, 1.54) is 6.42 Å². The lowest BCUT2D eigenvalue weighted by Crippen LogP contribution is -2.44. The summed E-state index contributed by atoms with van der Waals surface area (Å²) in [5.41, 5.74) is 1.66. The Morgan fingerprint density at radius 1 is 1.28 bits per heavy atom. The van der Waals surface area contributed by atoms with Crippen molar-refractivity contribution in [1.29, 1.82) is 0 Å². The number of carbonyl (C=O) groups excluding carboxylic acids is 1. The molecule has 2 aromatic rings. The van der Waals surface area contributed by atoms with E-state index in [1.807, 2.05) is 12.1 Å². The van der Waals surface area contributed by atoms with Crippen molar-refractivity contribution in [2.75, 3.05) is 49.6 Å². The third-order valence-corrected chi connectivity index (χ3v) is 7.49. The number of ether oxygens (including phenoxy) is 1. The number of nitrogens with zero attached hydrogens (tertiary/aromatic N) is 2. The molecule has 3 fully saturated rings. The number of carbonyl (C=O) groups is 1. The maximum Gasteiger partial charge on any atom is 0.232 e. The Balaban J connectivity index is 0.00000120. The van der Waals surface area contributed by atoms with Crippen LogP contribution in [0, 0.1) is 11.3 Å². The topological polar surface area (TPSA) is 66.5 Å². The maximum atomic E-state index is 13.2. The van der Waals surface area contributed by atoms with Gasteiger partial charge in [-0.15, -0.1) is 24.8 Å². The van der Waals surface area contributed by atoms with E-state index in [0.717, 1.165) is 79.7 Å². The average Bonchev–Trinajstić information content (AvgIpc) is 3.33. The second-order valence-electron chi connectivity index (χ2n) is 7.96. The number of rotatable bonds is 3. The molecule has 160 valence electrons. The van der Waals surface area contributed by atoms with Crippen LogP contribution in [-0.4, -0.2) is 50.3 Å². The SMILES string of the molecule is Cl.Cl.O=C(Nc1ccc2nc(N3CCOCC3)sc2c1)[C@@]12CCCC[C@H]1CNC2. The minimum absolute atomic E-state index is 0. The minimum Gasteiger partial charge on any atom is -0.378 e. The monoisotopic (exact) mass is 458 g/mol. The summed E-state index contributed by atoms with van der Waals surface area (Å²) < 4.78 is 6.55. The lowest BCUT2D eigenvalue weighted by atomic mass is 9.67.